The maximum absolute atomic E-state index is 5.52. The SMILES string of the molecule is CCNc1nc(OCCOC)c2[nH]cnc2n1. The van der Waals surface area contributed by atoms with Crippen LogP contribution in [0, 0.1) is 0 Å². The monoisotopic (exact) mass is 237 g/mol. The summed E-state index contributed by atoms with van der Waals surface area (Å²) < 4.78 is 10.4. The largest absolute Gasteiger partial charge is 0.474 e. The molecule has 7 nitrogen and oxygen atoms in total. The third-order valence-corrected chi connectivity index (χ3v) is 2.11. The van der Waals surface area contributed by atoms with Gasteiger partial charge in [0.05, 0.1) is 12.9 Å². The first kappa shape index (κ1) is 11.6. The zero-order valence-electron chi connectivity index (χ0n) is 9.86. The number of hydrogen-bond acceptors (Lipinski definition) is 6. The van der Waals surface area contributed by atoms with E-state index in [0.29, 0.717) is 36.2 Å². The van der Waals surface area contributed by atoms with Gasteiger partial charge in [0.25, 0.3) is 0 Å². The van der Waals surface area contributed by atoms with Crippen LogP contribution in [0.3, 0.4) is 0 Å². The molecule has 0 spiro atoms. The Morgan fingerprint density at radius 3 is 3.00 bits per heavy atom. The van der Waals surface area contributed by atoms with E-state index in [9.17, 15) is 0 Å². The second kappa shape index (κ2) is 5.44. The highest BCUT2D eigenvalue weighted by Crippen LogP contribution is 2.20. The van der Waals surface area contributed by atoms with Crippen molar-refractivity contribution in [1.29, 1.82) is 0 Å². The number of nitrogens with zero attached hydrogens (tertiary/aromatic N) is 3. The van der Waals surface area contributed by atoms with E-state index in [1.807, 2.05) is 6.92 Å². The van der Waals surface area contributed by atoms with Crippen molar-refractivity contribution >= 4 is 17.1 Å². The van der Waals surface area contributed by atoms with Crippen LogP contribution in [0.15, 0.2) is 6.33 Å². The number of ether oxygens (including phenoxy) is 2. The van der Waals surface area contributed by atoms with Gasteiger partial charge in [-0.15, -0.1) is 0 Å². The van der Waals surface area contributed by atoms with Crippen molar-refractivity contribution in [3.05, 3.63) is 6.33 Å². The fraction of sp³-hybridized carbons (Fsp3) is 0.500. The number of nitrogens with one attached hydrogen (secondary N) is 2. The van der Waals surface area contributed by atoms with Gasteiger partial charge in [0.2, 0.25) is 11.8 Å². The van der Waals surface area contributed by atoms with Crippen molar-refractivity contribution in [2.24, 2.45) is 0 Å². The van der Waals surface area contributed by atoms with E-state index in [2.05, 4.69) is 25.3 Å². The van der Waals surface area contributed by atoms with Crippen LogP contribution in [-0.4, -0.2) is 46.8 Å². The predicted octanol–water partition coefficient (Wildman–Crippen LogP) is 0.810. The quantitative estimate of drug-likeness (QED) is 0.723. The van der Waals surface area contributed by atoms with Crippen molar-refractivity contribution in [2.75, 3.05) is 32.2 Å². The average Bonchev–Trinajstić information content (AvgIpc) is 2.78. The fourth-order valence-corrected chi connectivity index (χ4v) is 1.37. The molecular weight excluding hydrogens is 222 g/mol. The van der Waals surface area contributed by atoms with E-state index in [0.717, 1.165) is 6.54 Å². The van der Waals surface area contributed by atoms with Crippen LogP contribution < -0.4 is 10.1 Å². The standard InChI is InChI=1S/C10H15N5O2/c1-3-11-10-14-8-7(12-6-13-8)9(15-10)17-5-4-16-2/h6H,3-5H2,1-2H3,(H2,11,12,13,14,15). The molecule has 0 saturated heterocycles. The number of aromatic nitrogens is 4. The summed E-state index contributed by atoms with van der Waals surface area (Å²) in [6.45, 7) is 3.67. The summed E-state index contributed by atoms with van der Waals surface area (Å²) in [5, 5.41) is 3.03. The number of H-pyrrole nitrogens is 1. The van der Waals surface area contributed by atoms with Gasteiger partial charge in [-0.05, 0) is 6.92 Å². The normalized spacial score (nSPS) is 10.7. The van der Waals surface area contributed by atoms with E-state index in [4.69, 9.17) is 9.47 Å². The van der Waals surface area contributed by atoms with Gasteiger partial charge in [0.1, 0.15) is 12.1 Å². The molecule has 0 atom stereocenters. The van der Waals surface area contributed by atoms with E-state index in [1.54, 1.807) is 13.4 Å². The van der Waals surface area contributed by atoms with Gasteiger partial charge in [0.15, 0.2) is 5.65 Å². The Bertz CT molecular complexity index is 485. The van der Waals surface area contributed by atoms with Gasteiger partial charge in [-0.3, -0.25) is 0 Å². The molecule has 0 amide bonds. The van der Waals surface area contributed by atoms with Crippen LogP contribution in [-0.2, 0) is 4.74 Å². The number of methoxy groups -OCH3 is 1. The van der Waals surface area contributed by atoms with Crippen molar-refractivity contribution < 1.29 is 9.47 Å². The number of imidazole rings is 1. The molecule has 7 heteroatoms. The molecule has 17 heavy (non-hydrogen) atoms. The summed E-state index contributed by atoms with van der Waals surface area (Å²) in [7, 11) is 1.62. The summed E-state index contributed by atoms with van der Waals surface area (Å²) in [6, 6.07) is 0. The minimum absolute atomic E-state index is 0.438. The Hall–Kier alpha value is -1.89. The first-order valence-electron chi connectivity index (χ1n) is 5.42. The predicted molar refractivity (Wildman–Crippen MR) is 63.2 cm³/mol. The molecule has 0 bridgehead atoms. The molecule has 2 aromatic heterocycles. The second-order valence-electron chi connectivity index (χ2n) is 3.33. The van der Waals surface area contributed by atoms with Crippen LogP contribution in [0.4, 0.5) is 5.95 Å². The lowest BCUT2D eigenvalue weighted by molar-refractivity contribution is 0.144. The van der Waals surface area contributed by atoms with Gasteiger partial charge in [-0.25, -0.2) is 4.98 Å². The topological polar surface area (TPSA) is 85.0 Å². The van der Waals surface area contributed by atoms with Crippen molar-refractivity contribution in [3.8, 4) is 5.88 Å². The van der Waals surface area contributed by atoms with Crippen LogP contribution in [0.25, 0.3) is 11.2 Å². The Morgan fingerprint density at radius 2 is 2.24 bits per heavy atom. The van der Waals surface area contributed by atoms with Gasteiger partial charge in [-0.1, -0.05) is 0 Å². The molecule has 0 radical (unpaired) electrons. The molecule has 0 aliphatic carbocycles. The fourth-order valence-electron chi connectivity index (χ4n) is 1.37. The lowest BCUT2D eigenvalue weighted by Gasteiger charge is -2.07. The highest BCUT2D eigenvalue weighted by atomic mass is 16.5. The second-order valence-corrected chi connectivity index (χ2v) is 3.33. The first-order valence-corrected chi connectivity index (χ1v) is 5.42. The number of rotatable bonds is 6. The molecule has 0 aliphatic heterocycles. The molecular formula is C10H15N5O2. The van der Waals surface area contributed by atoms with Gasteiger partial charge >= 0.3 is 0 Å². The minimum Gasteiger partial charge on any atom is -0.474 e. The van der Waals surface area contributed by atoms with E-state index in [1.165, 1.54) is 0 Å². The average molecular weight is 237 g/mol. The zero-order valence-corrected chi connectivity index (χ0v) is 9.86. The molecule has 2 heterocycles. The van der Waals surface area contributed by atoms with Crippen LogP contribution in [0.1, 0.15) is 6.92 Å². The Kier molecular flexibility index (Phi) is 3.71. The zero-order chi connectivity index (χ0) is 12.1. The molecule has 0 fully saturated rings. The van der Waals surface area contributed by atoms with E-state index >= 15 is 0 Å². The molecule has 0 saturated carbocycles. The van der Waals surface area contributed by atoms with Crippen LogP contribution >= 0.6 is 0 Å². The lowest BCUT2D eigenvalue weighted by atomic mass is 10.5. The number of hydrogen-bond donors (Lipinski definition) is 2. The smallest absolute Gasteiger partial charge is 0.245 e. The molecule has 2 rings (SSSR count). The highest BCUT2D eigenvalue weighted by molar-refractivity contribution is 5.76. The first-order chi connectivity index (χ1) is 8.35. The van der Waals surface area contributed by atoms with E-state index in [-0.39, 0.29) is 0 Å². The summed E-state index contributed by atoms with van der Waals surface area (Å²) >= 11 is 0. The maximum Gasteiger partial charge on any atom is 0.245 e. The Labute approximate surface area is 98.6 Å². The molecule has 0 aromatic carbocycles. The van der Waals surface area contributed by atoms with Crippen LogP contribution in [0.2, 0.25) is 0 Å². The summed E-state index contributed by atoms with van der Waals surface area (Å²) in [6.07, 6.45) is 1.57. The highest BCUT2D eigenvalue weighted by Gasteiger charge is 2.10. The summed E-state index contributed by atoms with van der Waals surface area (Å²) in [5.41, 5.74) is 1.28. The van der Waals surface area contributed by atoms with Gasteiger partial charge < -0.3 is 19.8 Å². The van der Waals surface area contributed by atoms with Gasteiger partial charge in [-0.2, -0.15) is 9.97 Å². The van der Waals surface area contributed by atoms with Gasteiger partial charge in [0, 0.05) is 13.7 Å². The van der Waals surface area contributed by atoms with Crippen molar-refractivity contribution in [1.82, 2.24) is 19.9 Å². The molecule has 2 N–H and O–H groups in total. The third kappa shape index (κ3) is 2.62. The molecule has 92 valence electrons. The third-order valence-electron chi connectivity index (χ3n) is 2.11. The Morgan fingerprint density at radius 1 is 1.35 bits per heavy atom. The molecule has 0 aliphatic rings. The lowest BCUT2D eigenvalue weighted by Crippen LogP contribution is -2.08. The van der Waals surface area contributed by atoms with Crippen molar-refractivity contribution in [2.45, 2.75) is 6.92 Å². The molecule has 0 unspecified atom stereocenters. The maximum atomic E-state index is 5.52. The Balaban J connectivity index is 2.26. The van der Waals surface area contributed by atoms with Crippen molar-refractivity contribution in [3.63, 3.8) is 0 Å². The van der Waals surface area contributed by atoms with E-state index < -0.39 is 0 Å². The number of fused-ring (bicyclic) bond motifs is 1. The number of aromatic amines is 1. The minimum atomic E-state index is 0.438. The van der Waals surface area contributed by atoms with Crippen LogP contribution in [0.5, 0.6) is 5.88 Å². The summed E-state index contributed by atoms with van der Waals surface area (Å²) in [5.74, 6) is 1.00. The summed E-state index contributed by atoms with van der Waals surface area (Å²) in [4.78, 5) is 15.5. The number of anilines is 1. The molecule has 2 aromatic rings.